The largest absolute Gasteiger partial charge is 0.507 e. The summed E-state index contributed by atoms with van der Waals surface area (Å²) in [5.41, 5.74) is 6.46. The third-order valence-electron chi connectivity index (χ3n) is 6.10. The molecular formula is C31H30O4. The average Bonchev–Trinajstić information content (AvgIpc) is 3.84. The summed E-state index contributed by atoms with van der Waals surface area (Å²) in [6.45, 7) is 3.26. The summed E-state index contributed by atoms with van der Waals surface area (Å²) in [7, 11) is 0. The fraction of sp³-hybridized carbons (Fsp3) is 0.226. The lowest BCUT2D eigenvalue weighted by Gasteiger charge is -2.13. The Morgan fingerprint density at radius 2 is 1.09 bits per heavy atom. The van der Waals surface area contributed by atoms with Crippen molar-refractivity contribution in [1.82, 2.24) is 0 Å². The number of epoxide rings is 2. The fourth-order valence-electron chi connectivity index (χ4n) is 4.02. The number of benzene rings is 4. The van der Waals surface area contributed by atoms with Gasteiger partial charge in [-0.15, -0.1) is 0 Å². The number of phenols is 1. The van der Waals surface area contributed by atoms with E-state index in [9.17, 15) is 5.11 Å². The predicted molar refractivity (Wildman–Crippen MR) is 139 cm³/mol. The first-order valence-electron chi connectivity index (χ1n) is 12.1. The van der Waals surface area contributed by atoms with Crippen molar-refractivity contribution in [2.45, 2.75) is 18.6 Å². The van der Waals surface area contributed by atoms with Crippen LogP contribution >= 0.6 is 0 Å². The van der Waals surface area contributed by atoms with Crippen LogP contribution in [-0.4, -0.2) is 43.7 Å². The molecule has 4 aromatic rings. The van der Waals surface area contributed by atoms with Crippen molar-refractivity contribution in [2.24, 2.45) is 0 Å². The lowest BCUT2D eigenvalue weighted by Crippen LogP contribution is -2.06. The number of hydrogen-bond donors (Lipinski definition) is 1. The van der Waals surface area contributed by atoms with Crippen molar-refractivity contribution >= 4 is 0 Å². The Morgan fingerprint density at radius 1 is 0.600 bits per heavy atom. The van der Waals surface area contributed by atoms with Gasteiger partial charge in [-0.2, -0.15) is 0 Å². The highest BCUT2D eigenvalue weighted by molar-refractivity contribution is 5.73. The molecular weight excluding hydrogens is 436 g/mol. The van der Waals surface area contributed by atoms with E-state index in [1.807, 2.05) is 54.6 Å². The monoisotopic (exact) mass is 466 g/mol. The minimum Gasteiger partial charge on any atom is -0.507 e. The Morgan fingerprint density at radius 3 is 1.69 bits per heavy atom. The van der Waals surface area contributed by atoms with Crippen LogP contribution in [0.3, 0.4) is 0 Å². The molecule has 6 rings (SSSR count). The first kappa shape index (κ1) is 23.3. The molecule has 2 atom stereocenters. The Hall–Kier alpha value is -3.44. The second-order valence-electron chi connectivity index (χ2n) is 8.83. The highest BCUT2D eigenvalue weighted by atomic mass is 16.6. The summed E-state index contributed by atoms with van der Waals surface area (Å²) in [5.74, 6) is 0.363. The van der Waals surface area contributed by atoms with E-state index >= 15 is 0 Å². The molecule has 2 heterocycles. The molecule has 4 nitrogen and oxygen atoms in total. The van der Waals surface area contributed by atoms with Crippen LogP contribution in [0.5, 0.6) is 5.75 Å². The van der Waals surface area contributed by atoms with Crippen LogP contribution in [0.25, 0.3) is 22.3 Å². The number of aromatic hydroxyl groups is 1. The molecule has 0 amide bonds. The van der Waals surface area contributed by atoms with E-state index in [2.05, 4.69) is 48.5 Å². The topological polar surface area (TPSA) is 54.5 Å². The van der Waals surface area contributed by atoms with E-state index in [0.29, 0.717) is 24.4 Å². The summed E-state index contributed by atoms with van der Waals surface area (Å²) in [6.07, 6.45) is 1.48. The van der Waals surface area contributed by atoms with Crippen LogP contribution < -0.4 is 0 Å². The van der Waals surface area contributed by atoms with Crippen molar-refractivity contribution in [2.75, 3.05) is 26.4 Å². The molecule has 1 N–H and O–H groups in total. The zero-order chi connectivity index (χ0) is 23.9. The van der Waals surface area contributed by atoms with Gasteiger partial charge in [0.15, 0.2) is 0 Å². The second kappa shape index (κ2) is 11.3. The standard InChI is InChI=1S/C25H20O.C6H10O3/c26-25-22(15-9-17-24(25)20-12-5-2-6-13-20)18-21-14-7-8-16-23(21)19-10-3-1-4-11-19;1(5-3-8-5)7-2-6-4-9-6/h1-17,26H,18H2;5-6H,1-4H2. The number of hydrogen-bond acceptors (Lipinski definition) is 4. The van der Waals surface area contributed by atoms with Crippen molar-refractivity contribution in [1.29, 1.82) is 0 Å². The van der Waals surface area contributed by atoms with Gasteiger partial charge < -0.3 is 19.3 Å². The minimum atomic E-state index is 0.363. The summed E-state index contributed by atoms with van der Waals surface area (Å²) in [5, 5.41) is 10.9. The van der Waals surface area contributed by atoms with Crippen LogP contribution in [0.1, 0.15) is 11.1 Å². The summed E-state index contributed by atoms with van der Waals surface area (Å²) >= 11 is 0. The highest BCUT2D eigenvalue weighted by Crippen LogP contribution is 2.34. The van der Waals surface area contributed by atoms with Gasteiger partial charge in [-0.25, -0.2) is 0 Å². The summed E-state index contributed by atoms with van der Waals surface area (Å²) in [6, 6.07) is 34.8. The molecule has 0 spiro atoms. The molecule has 2 unspecified atom stereocenters. The summed E-state index contributed by atoms with van der Waals surface area (Å²) in [4.78, 5) is 0. The molecule has 0 aliphatic carbocycles. The maximum Gasteiger partial charge on any atom is 0.126 e. The van der Waals surface area contributed by atoms with Crippen molar-refractivity contribution in [3.8, 4) is 28.0 Å². The quantitative estimate of drug-likeness (QED) is 0.318. The van der Waals surface area contributed by atoms with Crippen LogP contribution in [-0.2, 0) is 20.6 Å². The van der Waals surface area contributed by atoms with Gasteiger partial charge in [0.1, 0.15) is 18.0 Å². The molecule has 4 heteroatoms. The smallest absolute Gasteiger partial charge is 0.126 e. The SMILES string of the molecule is C(OCC1CO1)C1CO1.Oc1c(Cc2ccccc2-c2ccccc2)cccc1-c1ccccc1. The Bertz CT molecular complexity index is 1200. The Kier molecular flexibility index (Phi) is 7.54. The average molecular weight is 467 g/mol. The van der Waals surface area contributed by atoms with E-state index in [4.69, 9.17) is 14.2 Å². The van der Waals surface area contributed by atoms with Crippen molar-refractivity contribution in [3.63, 3.8) is 0 Å². The van der Waals surface area contributed by atoms with Crippen LogP contribution in [0, 0.1) is 0 Å². The van der Waals surface area contributed by atoms with E-state index in [1.54, 1.807) is 0 Å². The number of ether oxygens (including phenoxy) is 3. The van der Waals surface area contributed by atoms with Gasteiger partial charge in [-0.3, -0.25) is 0 Å². The molecule has 0 aromatic heterocycles. The molecule has 2 fully saturated rings. The number of para-hydroxylation sites is 1. The summed E-state index contributed by atoms with van der Waals surface area (Å²) < 4.78 is 15.1. The zero-order valence-electron chi connectivity index (χ0n) is 19.7. The third kappa shape index (κ3) is 6.58. The molecule has 178 valence electrons. The molecule has 4 aromatic carbocycles. The Balaban J connectivity index is 0.000000234. The molecule has 2 aliphatic heterocycles. The van der Waals surface area contributed by atoms with Gasteiger partial charge in [0.05, 0.1) is 26.4 Å². The van der Waals surface area contributed by atoms with Gasteiger partial charge in [0.2, 0.25) is 0 Å². The van der Waals surface area contributed by atoms with E-state index in [0.717, 1.165) is 43.1 Å². The van der Waals surface area contributed by atoms with Gasteiger partial charge in [0.25, 0.3) is 0 Å². The maximum atomic E-state index is 10.9. The predicted octanol–water partition coefficient (Wildman–Crippen LogP) is 6.12. The van der Waals surface area contributed by atoms with E-state index < -0.39 is 0 Å². The van der Waals surface area contributed by atoms with E-state index in [-0.39, 0.29) is 0 Å². The van der Waals surface area contributed by atoms with Gasteiger partial charge >= 0.3 is 0 Å². The number of rotatable bonds is 8. The first-order chi connectivity index (χ1) is 17.3. The van der Waals surface area contributed by atoms with Gasteiger partial charge in [0, 0.05) is 12.0 Å². The van der Waals surface area contributed by atoms with Crippen LogP contribution in [0.4, 0.5) is 0 Å². The van der Waals surface area contributed by atoms with Gasteiger partial charge in [-0.05, 0) is 27.8 Å². The lowest BCUT2D eigenvalue weighted by molar-refractivity contribution is 0.102. The fourth-order valence-corrected chi connectivity index (χ4v) is 4.02. The molecule has 0 saturated carbocycles. The first-order valence-corrected chi connectivity index (χ1v) is 12.1. The van der Waals surface area contributed by atoms with Crippen molar-refractivity contribution < 1.29 is 19.3 Å². The van der Waals surface area contributed by atoms with E-state index in [1.165, 1.54) is 16.7 Å². The number of phenolic OH excluding ortho intramolecular Hbond substituents is 1. The molecule has 2 aliphatic rings. The third-order valence-corrected chi connectivity index (χ3v) is 6.10. The zero-order valence-corrected chi connectivity index (χ0v) is 19.7. The van der Waals surface area contributed by atoms with Gasteiger partial charge in [-0.1, -0.05) is 103 Å². The molecule has 2 saturated heterocycles. The molecule has 35 heavy (non-hydrogen) atoms. The lowest BCUT2D eigenvalue weighted by atomic mass is 9.93. The molecule has 0 radical (unpaired) electrons. The second-order valence-corrected chi connectivity index (χ2v) is 8.83. The normalized spacial score (nSPS) is 17.8. The van der Waals surface area contributed by atoms with Crippen LogP contribution in [0.15, 0.2) is 103 Å². The molecule has 0 bridgehead atoms. The Labute approximate surface area is 206 Å². The maximum absolute atomic E-state index is 10.9. The highest BCUT2D eigenvalue weighted by Gasteiger charge is 2.26. The minimum absolute atomic E-state index is 0.363. The van der Waals surface area contributed by atoms with Crippen LogP contribution in [0.2, 0.25) is 0 Å². The van der Waals surface area contributed by atoms with Crippen molar-refractivity contribution in [3.05, 3.63) is 114 Å².